The van der Waals surface area contributed by atoms with Crippen LogP contribution in [0.3, 0.4) is 0 Å². The number of hydrogen-bond acceptors (Lipinski definition) is 6. The van der Waals surface area contributed by atoms with Gasteiger partial charge in [-0.05, 0) is 5.56 Å². The molecule has 0 bridgehead atoms. The number of fused-ring (bicyclic) bond motifs is 3. The summed E-state index contributed by atoms with van der Waals surface area (Å²) >= 11 is 0. The Morgan fingerprint density at radius 3 is 2.24 bits per heavy atom. The third-order valence-corrected chi connectivity index (χ3v) is 4.37. The molecule has 1 heterocycles. The number of hydrogen-bond donors (Lipinski definition) is 4. The molecule has 2 aliphatic rings. The summed E-state index contributed by atoms with van der Waals surface area (Å²) in [6.45, 7) is 0. The van der Waals surface area contributed by atoms with Gasteiger partial charge in [0.15, 0.2) is 11.5 Å². The highest BCUT2D eigenvalue weighted by molar-refractivity contribution is 6.52. The molecule has 1 aliphatic heterocycles. The van der Waals surface area contributed by atoms with E-state index in [4.69, 9.17) is 9.31 Å². The zero-order valence-corrected chi connectivity index (χ0v) is 13.0. The van der Waals surface area contributed by atoms with Gasteiger partial charge in [-0.1, -0.05) is 66.6 Å². The lowest BCUT2D eigenvalue weighted by molar-refractivity contribution is -0.295. The molecule has 0 radical (unpaired) electrons. The Kier molecular flexibility index (Phi) is 3.48. The van der Waals surface area contributed by atoms with Crippen molar-refractivity contribution in [2.45, 2.75) is 11.6 Å². The Bertz CT molecular complexity index is 880. The molecule has 0 saturated carbocycles. The van der Waals surface area contributed by atoms with E-state index < -0.39 is 30.2 Å². The molecular formula is C18H15BO6. The van der Waals surface area contributed by atoms with Crippen molar-refractivity contribution in [3.05, 3.63) is 83.0 Å². The summed E-state index contributed by atoms with van der Waals surface area (Å²) in [5, 5.41) is 42.0. The first-order valence-corrected chi connectivity index (χ1v) is 7.72. The van der Waals surface area contributed by atoms with Crippen molar-refractivity contribution in [3.8, 4) is 0 Å². The lowest BCUT2D eigenvalue weighted by Gasteiger charge is -2.39. The Balaban J connectivity index is 1.74. The molecule has 0 unspecified atom stereocenters. The summed E-state index contributed by atoms with van der Waals surface area (Å²) in [5.41, 5.74) is 1.12. The van der Waals surface area contributed by atoms with Crippen molar-refractivity contribution in [1.29, 1.82) is 0 Å². The first kappa shape index (κ1) is 15.9. The quantitative estimate of drug-likeness (QED) is 0.626. The third-order valence-electron chi connectivity index (χ3n) is 4.37. The van der Waals surface area contributed by atoms with Gasteiger partial charge in [-0.3, -0.25) is 0 Å². The van der Waals surface area contributed by atoms with Crippen molar-refractivity contribution >= 4 is 19.0 Å². The predicted octanol–water partition coefficient (Wildman–Crippen LogP) is 2.11. The molecule has 1 saturated heterocycles. The molecule has 1 aliphatic carbocycles. The van der Waals surface area contributed by atoms with Gasteiger partial charge >= 0.3 is 7.12 Å². The van der Waals surface area contributed by atoms with Gasteiger partial charge in [-0.15, -0.1) is 0 Å². The average Bonchev–Trinajstić information content (AvgIpc) is 2.92. The Morgan fingerprint density at radius 2 is 1.48 bits per heavy atom. The molecule has 2 atom stereocenters. The van der Waals surface area contributed by atoms with Gasteiger partial charge in [0.05, 0.1) is 0 Å². The van der Waals surface area contributed by atoms with Crippen LogP contribution in [-0.2, 0) is 15.1 Å². The minimum Gasteiger partial charge on any atom is -0.504 e. The molecule has 0 aromatic heterocycles. The maximum Gasteiger partial charge on any atom is 0.491 e. The largest absolute Gasteiger partial charge is 0.504 e. The highest BCUT2D eigenvalue weighted by Crippen LogP contribution is 2.51. The van der Waals surface area contributed by atoms with Crippen LogP contribution >= 0.6 is 0 Å². The van der Waals surface area contributed by atoms with Crippen molar-refractivity contribution in [2.24, 2.45) is 0 Å². The van der Waals surface area contributed by atoms with Crippen molar-refractivity contribution in [1.82, 2.24) is 0 Å². The molecule has 6 nitrogen and oxygen atoms in total. The molecule has 4 rings (SSSR count). The van der Waals surface area contributed by atoms with Crippen LogP contribution in [0.4, 0.5) is 0 Å². The molecular weight excluding hydrogens is 323 g/mol. The van der Waals surface area contributed by atoms with E-state index in [0.717, 1.165) is 5.56 Å². The molecule has 4 N–H and O–H groups in total. The minimum absolute atomic E-state index is 0.100. The standard InChI is InChI=1S/C18H15BO6/c20-15-13-8-4-5-9-14(13)17(22)18(23,16(15)21)25-19(24-17)11-10-12-6-2-1-3-7-12/h1-11,20-23H/b11-10+/t17-,18+/m0/s1. The van der Waals surface area contributed by atoms with E-state index in [0.29, 0.717) is 0 Å². The van der Waals surface area contributed by atoms with E-state index in [2.05, 4.69) is 0 Å². The van der Waals surface area contributed by atoms with Gasteiger partial charge in [0.25, 0.3) is 5.79 Å². The van der Waals surface area contributed by atoms with Crippen LogP contribution in [0.2, 0.25) is 0 Å². The number of rotatable bonds is 2. The van der Waals surface area contributed by atoms with Crippen molar-refractivity contribution in [2.75, 3.05) is 0 Å². The third kappa shape index (κ3) is 2.21. The SMILES string of the molecule is OC1=C(O)[C@@]2(O)OB(/C=C/c3ccccc3)O[C@@]2(O)c2ccccc21. The zero-order chi connectivity index (χ0) is 17.7. The van der Waals surface area contributed by atoms with Crippen LogP contribution < -0.4 is 0 Å². The molecule has 1 fully saturated rings. The predicted molar refractivity (Wildman–Crippen MR) is 90.9 cm³/mol. The van der Waals surface area contributed by atoms with Gasteiger partial charge in [-0.25, -0.2) is 0 Å². The summed E-state index contributed by atoms with van der Waals surface area (Å²) in [6.07, 6.45) is 1.70. The monoisotopic (exact) mass is 338 g/mol. The summed E-state index contributed by atoms with van der Waals surface area (Å²) in [7, 11) is -1.14. The Hall–Kier alpha value is -2.58. The molecule has 126 valence electrons. The van der Waals surface area contributed by atoms with Crippen molar-refractivity contribution in [3.63, 3.8) is 0 Å². The second-order valence-corrected chi connectivity index (χ2v) is 5.90. The van der Waals surface area contributed by atoms with E-state index >= 15 is 0 Å². The van der Waals surface area contributed by atoms with Gasteiger partial charge in [0.1, 0.15) is 0 Å². The maximum absolute atomic E-state index is 10.9. The van der Waals surface area contributed by atoms with Gasteiger partial charge in [0.2, 0.25) is 5.79 Å². The number of benzene rings is 2. The molecule has 2 aromatic carbocycles. The van der Waals surface area contributed by atoms with Crippen molar-refractivity contribution < 1.29 is 29.7 Å². The summed E-state index contributed by atoms with van der Waals surface area (Å²) < 4.78 is 10.9. The molecule has 7 heteroatoms. The first-order valence-electron chi connectivity index (χ1n) is 7.72. The molecule has 0 amide bonds. The summed E-state index contributed by atoms with van der Waals surface area (Å²) in [4.78, 5) is 0. The molecule has 25 heavy (non-hydrogen) atoms. The lowest BCUT2D eigenvalue weighted by atomic mass is 9.85. The first-order chi connectivity index (χ1) is 12.0. The fourth-order valence-electron chi connectivity index (χ4n) is 3.09. The second-order valence-electron chi connectivity index (χ2n) is 5.90. The molecule has 0 spiro atoms. The normalized spacial score (nSPS) is 28.3. The van der Waals surface area contributed by atoms with Crippen LogP contribution in [0.25, 0.3) is 11.8 Å². The highest BCUT2D eigenvalue weighted by Gasteiger charge is 2.68. The Labute approximate surface area is 144 Å². The van der Waals surface area contributed by atoms with E-state index in [9.17, 15) is 20.4 Å². The second kappa shape index (κ2) is 5.47. The van der Waals surface area contributed by atoms with Gasteiger partial charge in [-0.2, -0.15) is 0 Å². The van der Waals surface area contributed by atoms with Gasteiger partial charge < -0.3 is 29.7 Å². The van der Waals surface area contributed by atoms with E-state index in [1.54, 1.807) is 18.2 Å². The zero-order valence-electron chi connectivity index (χ0n) is 13.0. The summed E-state index contributed by atoms with van der Waals surface area (Å²) in [5.74, 6) is -4.94. The highest BCUT2D eigenvalue weighted by atomic mass is 16.8. The van der Waals surface area contributed by atoms with E-state index in [-0.39, 0.29) is 11.1 Å². The fourth-order valence-corrected chi connectivity index (χ4v) is 3.09. The average molecular weight is 338 g/mol. The van der Waals surface area contributed by atoms with Crippen LogP contribution in [0.1, 0.15) is 16.7 Å². The maximum atomic E-state index is 10.9. The number of aliphatic hydroxyl groups is 4. The van der Waals surface area contributed by atoms with Crippen LogP contribution in [0.15, 0.2) is 66.3 Å². The minimum atomic E-state index is -2.61. The topological polar surface area (TPSA) is 99.4 Å². The fraction of sp³-hybridized carbons (Fsp3) is 0.111. The van der Waals surface area contributed by atoms with E-state index in [1.165, 1.54) is 18.1 Å². The van der Waals surface area contributed by atoms with Crippen LogP contribution in [0.5, 0.6) is 0 Å². The summed E-state index contributed by atoms with van der Waals surface area (Å²) in [6, 6.07) is 15.5. The van der Waals surface area contributed by atoms with Crippen LogP contribution in [-0.4, -0.2) is 33.3 Å². The lowest BCUT2D eigenvalue weighted by Crippen LogP contribution is -2.53. The molecule has 2 aromatic rings. The smallest absolute Gasteiger partial charge is 0.491 e. The van der Waals surface area contributed by atoms with Gasteiger partial charge in [0, 0.05) is 11.1 Å². The number of aliphatic hydroxyl groups excluding tert-OH is 2. The van der Waals surface area contributed by atoms with Crippen LogP contribution in [0, 0.1) is 0 Å². The Morgan fingerprint density at radius 1 is 0.840 bits per heavy atom. The van der Waals surface area contributed by atoms with E-state index in [1.807, 2.05) is 30.3 Å².